The Labute approximate surface area is 105 Å². The lowest BCUT2D eigenvalue weighted by Gasteiger charge is -2.22. The number of hydrogen-bond acceptors (Lipinski definition) is 4. The second-order valence-corrected chi connectivity index (χ2v) is 4.73. The lowest BCUT2D eigenvalue weighted by molar-refractivity contribution is 0.111. The molecule has 3 heterocycles. The number of carbonyl (C=O) groups is 1. The molecule has 0 aromatic carbocycles. The lowest BCUT2D eigenvalue weighted by Crippen LogP contribution is -2.36. The van der Waals surface area contributed by atoms with Gasteiger partial charge in [0.25, 0.3) is 0 Å². The Hall–Kier alpha value is -1.75. The van der Waals surface area contributed by atoms with Crippen molar-refractivity contribution >= 4 is 11.9 Å². The van der Waals surface area contributed by atoms with E-state index >= 15 is 0 Å². The Morgan fingerprint density at radius 1 is 1.39 bits per heavy atom. The fourth-order valence-electron chi connectivity index (χ4n) is 2.57. The highest BCUT2D eigenvalue weighted by atomic mass is 16.1. The van der Waals surface area contributed by atoms with Crippen LogP contribution in [-0.4, -0.2) is 33.5 Å². The lowest BCUT2D eigenvalue weighted by atomic mass is 10.0. The average Bonchev–Trinajstić information content (AvgIpc) is 2.83. The van der Waals surface area contributed by atoms with Crippen LogP contribution < -0.4 is 5.32 Å². The second-order valence-electron chi connectivity index (χ2n) is 4.73. The molecule has 0 spiro atoms. The van der Waals surface area contributed by atoms with Gasteiger partial charge in [-0.15, -0.1) is 10.2 Å². The molecule has 1 N–H and O–H groups in total. The van der Waals surface area contributed by atoms with E-state index in [1.54, 1.807) is 6.07 Å². The summed E-state index contributed by atoms with van der Waals surface area (Å²) in [4.78, 5) is 11.1. The summed E-state index contributed by atoms with van der Waals surface area (Å²) in [5, 5.41) is 11.8. The first-order valence-electron chi connectivity index (χ1n) is 6.40. The first-order valence-corrected chi connectivity index (χ1v) is 6.40. The van der Waals surface area contributed by atoms with Crippen LogP contribution in [0.4, 0.5) is 0 Å². The number of fused-ring (bicyclic) bond motifs is 1. The summed E-state index contributed by atoms with van der Waals surface area (Å²) < 4.78 is 1.85. The predicted molar refractivity (Wildman–Crippen MR) is 67.7 cm³/mol. The minimum Gasteiger partial charge on any atom is -0.314 e. The topological polar surface area (TPSA) is 59.3 Å². The maximum atomic E-state index is 11.1. The van der Waals surface area contributed by atoms with E-state index in [-0.39, 0.29) is 0 Å². The monoisotopic (exact) mass is 244 g/mol. The summed E-state index contributed by atoms with van der Waals surface area (Å²) in [7, 11) is 0. The Balaban J connectivity index is 1.93. The SMILES string of the molecule is O=Cc1cccc2nnc(CC3CCCCN3)n12. The van der Waals surface area contributed by atoms with Crippen LogP contribution in [0, 0.1) is 0 Å². The minimum absolute atomic E-state index is 0.450. The normalized spacial score (nSPS) is 20.1. The van der Waals surface area contributed by atoms with Crippen LogP contribution in [0.3, 0.4) is 0 Å². The van der Waals surface area contributed by atoms with Gasteiger partial charge in [0.15, 0.2) is 11.9 Å². The highest BCUT2D eigenvalue weighted by molar-refractivity contribution is 5.73. The Bertz CT molecular complexity index is 557. The van der Waals surface area contributed by atoms with Crippen molar-refractivity contribution in [3.8, 4) is 0 Å². The maximum Gasteiger partial charge on any atom is 0.166 e. The summed E-state index contributed by atoms with van der Waals surface area (Å²) >= 11 is 0. The number of aldehydes is 1. The van der Waals surface area contributed by atoms with Gasteiger partial charge < -0.3 is 5.32 Å². The molecule has 1 aliphatic heterocycles. The molecular weight excluding hydrogens is 228 g/mol. The molecule has 1 atom stereocenters. The zero-order valence-electron chi connectivity index (χ0n) is 10.2. The highest BCUT2D eigenvalue weighted by Gasteiger charge is 2.17. The standard InChI is InChI=1S/C13H16N4O/c18-9-11-5-3-6-12-15-16-13(17(11)12)8-10-4-1-2-7-14-10/h3,5-6,9-10,14H,1-2,4,7-8H2. The molecule has 0 radical (unpaired) electrons. The van der Waals surface area contributed by atoms with Crippen LogP contribution >= 0.6 is 0 Å². The molecule has 3 rings (SSSR count). The summed E-state index contributed by atoms with van der Waals surface area (Å²) in [5.74, 6) is 0.868. The third kappa shape index (κ3) is 2.01. The molecule has 2 aromatic heterocycles. The van der Waals surface area contributed by atoms with Crippen molar-refractivity contribution in [3.63, 3.8) is 0 Å². The van der Waals surface area contributed by atoms with Gasteiger partial charge in [0.1, 0.15) is 5.82 Å². The van der Waals surface area contributed by atoms with Crippen molar-refractivity contribution in [1.82, 2.24) is 19.9 Å². The first-order chi connectivity index (χ1) is 8.88. The van der Waals surface area contributed by atoms with Crippen LogP contribution in [0.2, 0.25) is 0 Å². The van der Waals surface area contributed by atoms with E-state index in [4.69, 9.17) is 0 Å². The Morgan fingerprint density at radius 2 is 2.33 bits per heavy atom. The Morgan fingerprint density at radius 3 is 3.11 bits per heavy atom. The molecule has 18 heavy (non-hydrogen) atoms. The summed E-state index contributed by atoms with van der Waals surface area (Å²) in [6.07, 6.45) is 5.35. The fourth-order valence-corrected chi connectivity index (χ4v) is 2.57. The van der Waals surface area contributed by atoms with Gasteiger partial charge in [0.05, 0.1) is 5.69 Å². The van der Waals surface area contributed by atoms with Crippen LogP contribution in [0.5, 0.6) is 0 Å². The van der Waals surface area contributed by atoms with E-state index in [0.717, 1.165) is 37.1 Å². The third-order valence-corrected chi connectivity index (χ3v) is 3.49. The van der Waals surface area contributed by atoms with Crippen LogP contribution in [-0.2, 0) is 6.42 Å². The van der Waals surface area contributed by atoms with Gasteiger partial charge in [-0.2, -0.15) is 0 Å². The van der Waals surface area contributed by atoms with E-state index in [9.17, 15) is 4.79 Å². The molecule has 1 aliphatic rings. The van der Waals surface area contributed by atoms with Gasteiger partial charge in [-0.25, -0.2) is 0 Å². The van der Waals surface area contributed by atoms with Gasteiger partial charge in [0, 0.05) is 12.5 Å². The van der Waals surface area contributed by atoms with E-state index in [1.807, 2.05) is 16.5 Å². The maximum absolute atomic E-state index is 11.1. The molecule has 0 amide bonds. The molecule has 5 heteroatoms. The largest absolute Gasteiger partial charge is 0.314 e. The number of nitrogens with zero attached hydrogens (tertiary/aromatic N) is 3. The zero-order valence-corrected chi connectivity index (χ0v) is 10.2. The van der Waals surface area contributed by atoms with E-state index in [0.29, 0.717) is 11.7 Å². The van der Waals surface area contributed by atoms with Crippen LogP contribution in [0.15, 0.2) is 18.2 Å². The van der Waals surface area contributed by atoms with Crippen molar-refractivity contribution in [2.45, 2.75) is 31.7 Å². The summed E-state index contributed by atoms with van der Waals surface area (Å²) in [6.45, 7) is 1.07. The molecule has 0 bridgehead atoms. The molecule has 1 fully saturated rings. The van der Waals surface area contributed by atoms with Gasteiger partial charge in [0.2, 0.25) is 0 Å². The number of rotatable bonds is 3. The molecular formula is C13H16N4O. The molecule has 1 saturated heterocycles. The minimum atomic E-state index is 0.450. The molecule has 5 nitrogen and oxygen atoms in total. The summed E-state index contributed by atoms with van der Waals surface area (Å²) in [5.41, 5.74) is 1.36. The van der Waals surface area contributed by atoms with Crippen molar-refractivity contribution < 1.29 is 4.79 Å². The van der Waals surface area contributed by atoms with Crippen molar-refractivity contribution in [1.29, 1.82) is 0 Å². The van der Waals surface area contributed by atoms with Gasteiger partial charge in [-0.05, 0) is 31.5 Å². The van der Waals surface area contributed by atoms with E-state index < -0.39 is 0 Å². The van der Waals surface area contributed by atoms with Gasteiger partial charge >= 0.3 is 0 Å². The molecule has 1 unspecified atom stereocenters. The smallest absolute Gasteiger partial charge is 0.166 e. The molecule has 2 aromatic rings. The average molecular weight is 244 g/mol. The third-order valence-electron chi connectivity index (χ3n) is 3.49. The number of carbonyl (C=O) groups excluding carboxylic acids is 1. The van der Waals surface area contributed by atoms with E-state index in [1.165, 1.54) is 12.8 Å². The fraction of sp³-hybridized carbons (Fsp3) is 0.462. The Kier molecular flexibility index (Phi) is 3.06. The summed E-state index contributed by atoms with van der Waals surface area (Å²) in [6, 6.07) is 5.95. The van der Waals surface area contributed by atoms with Crippen molar-refractivity contribution in [2.75, 3.05) is 6.54 Å². The van der Waals surface area contributed by atoms with Crippen LogP contribution in [0.1, 0.15) is 35.6 Å². The van der Waals surface area contributed by atoms with Gasteiger partial charge in [-0.3, -0.25) is 9.20 Å². The predicted octanol–water partition coefficient (Wildman–Crippen LogP) is 1.23. The number of hydrogen-bond donors (Lipinski definition) is 1. The highest BCUT2D eigenvalue weighted by Crippen LogP contribution is 2.14. The van der Waals surface area contributed by atoms with Crippen molar-refractivity contribution in [2.24, 2.45) is 0 Å². The molecule has 0 aliphatic carbocycles. The molecule has 94 valence electrons. The second kappa shape index (κ2) is 4.86. The van der Waals surface area contributed by atoms with Crippen molar-refractivity contribution in [3.05, 3.63) is 29.7 Å². The molecule has 0 saturated carbocycles. The van der Waals surface area contributed by atoms with Crippen LogP contribution in [0.25, 0.3) is 5.65 Å². The number of nitrogens with one attached hydrogen (secondary N) is 1. The first kappa shape index (κ1) is 11.3. The van der Waals surface area contributed by atoms with Gasteiger partial charge in [-0.1, -0.05) is 12.5 Å². The number of piperidine rings is 1. The number of aromatic nitrogens is 3. The number of pyridine rings is 1. The van der Waals surface area contributed by atoms with E-state index in [2.05, 4.69) is 15.5 Å². The zero-order chi connectivity index (χ0) is 12.4. The quantitative estimate of drug-likeness (QED) is 0.825.